The first kappa shape index (κ1) is 19.8. The molecule has 0 aliphatic carbocycles. The zero-order valence-corrected chi connectivity index (χ0v) is 15.9. The van der Waals surface area contributed by atoms with Gasteiger partial charge in [0.05, 0.1) is 12.3 Å². The Labute approximate surface area is 153 Å². The van der Waals surface area contributed by atoms with Crippen LogP contribution >= 0.6 is 0 Å². The lowest BCUT2D eigenvalue weighted by Crippen LogP contribution is -2.59. The fourth-order valence-corrected chi connectivity index (χ4v) is 2.80. The summed E-state index contributed by atoms with van der Waals surface area (Å²) in [5.74, 6) is -0.549. The maximum Gasteiger partial charge on any atom is 0.421 e. The third-order valence-electron chi connectivity index (χ3n) is 4.03. The van der Waals surface area contributed by atoms with Crippen molar-refractivity contribution in [2.45, 2.75) is 58.6 Å². The summed E-state index contributed by atoms with van der Waals surface area (Å²) in [6.07, 6.45) is -0.616. The van der Waals surface area contributed by atoms with Crippen LogP contribution in [0.4, 0.5) is 15.3 Å². The molecule has 0 saturated carbocycles. The molecule has 1 N–H and O–H groups in total. The number of hydrogen-bond donors (Lipinski definition) is 1. The molecule has 1 aromatic carbocycles. The number of aryl methyl sites for hydroxylation is 1. The van der Waals surface area contributed by atoms with Gasteiger partial charge in [-0.3, -0.25) is 4.79 Å². The molecule has 0 radical (unpaired) electrons. The van der Waals surface area contributed by atoms with E-state index in [-0.39, 0.29) is 6.61 Å². The second-order valence-corrected chi connectivity index (χ2v) is 7.43. The normalized spacial score (nSPS) is 20.0. The van der Waals surface area contributed by atoms with Crippen molar-refractivity contribution in [1.82, 2.24) is 5.32 Å². The Morgan fingerprint density at radius 2 is 1.92 bits per heavy atom. The highest BCUT2D eigenvalue weighted by Crippen LogP contribution is 2.32. The van der Waals surface area contributed by atoms with E-state index >= 15 is 0 Å². The number of benzene rings is 1. The van der Waals surface area contributed by atoms with E-state index < -0.39 is 29.2 Å². The fraction of sp³-hybridized carbons (Fsp3) is 0.526. The first-order valence-electron chi connectivity index (χ1n) is 8.68. The van der Waals surface area contributed by atoms with Gasteiger partial charge in [-0.25, -0.2) is 14.5 Å². The van der Waals surface area contributed by atoms with Crippen LogP contribution in [0.15, 0.2) is 24.3 Å². The van der Waals surface area contributed by atoms with Crippen molar-refractivity contribution < 1.29 is 23.9 Å². The Morgan fingerprint density at radius 1 is 1.27 bits per heavy atom. The van der Waals surface area contributed by atoms with Gasteiger partial charge in [0, 0.05) is 0 Å². The van der Waals surface area contributed by atoms with Gasteiger partial charge in [0.1, 0.15) is 11.1 Å². The second-order valence-electron chi connectivity index (χ2n) is 7.43. The molecule has 1 aliphatic heterocycles. The lowest BCUT2D eigenvalue weighted by molar-refractivity contribution is -0.124. The van der Waals surface area contributed by atoms with Crippen LogP contribution in [0.3, 0.4) is 0 Å². The Morgan fingerprint density at radius 3 is 2.54 bits per heavy atom. The van der Waals surface area contributed by atoms with Crippen LogP contribution in [0.1, 0.15) is 46.6 Å². The van der Waals surface area contributed by atoms with Gasteiger partial charge in [-0.15, -0.1) is 0 Å². The van der Waals surface area contributed by atoms with Crippen molar-refractivity contribution in [3.63, 3.8) is 0 Å². The summed E-state index contributed by atoms with van der Waals surface area (Å²) in [7, 11) is 0. The predicted octanol–water partition coefficient (Wildman–Crippen LogP) is 3.41. The molecule has 1 heterocycles. The Hall–Kier alpha value is -2.57. The number of imide groups is 1. The summed E-state index contributed by atoms with van der Waals surface area (Å²) in [4.78, 5) is 38.9. The van der Waals surface area contributed by atoms with Crippen LogP contribution in [0.25, 0.3) is 0 Å². The number of rotatable bonds is 2. The highest BCUT2D eigenvalue weighted by Gasteiger charge is 2.45. The SMILES string of the molecule is CCOC(=O)N1C(=O)[C@@](C)(NC(=O)OC(C)(C)C)CCc2ccccc21. The number of hydrogen-bond acceptors (Lipinski definition) is 5. The van der Waals surface area contributed by atoms with Crippen LogP contribution in [0, 0.1) is 0 Å². The Balaban J connectivity index is 2.38. The summed E-state index contributed by atoms with van der Waals surface area (Å²) in [6, 6.07) is 7.15. The van der Waals surface area contributed by atoms with Gasteiger partial charge in [-0.05, 0) is 59.1 Å². The smallest absolute Gasteiger partial charge is 0.421 e. The van der Waals surface area contributed by atoms with Crippen molar-refractivity contribution in [2.75, 3.05) is 11.5 Å². The quantitative estimate of drug-likeness (QED) is 0.871. The van der Waals surface area contributed by atoms with Crippen molar-refractivity contribution >= 4 is 23.8 Å². The number of para-hydroxylation sites is 1. The van der Waals surface area contributed by atoms with Gasteiger partial charge in [0.25, 0.3) is 5.91 Å². The van der Waals surface area contributed by atoms with Crippen LogP contribution < -0.4 is 10.2 Å². The van der Waals surface area contributed by atoms with Gasteiger partial charge < -0.3 is 14.8 Å². The molecule has 0 unspecified atom stereocenters. The van der Waals surface area contributed by atoms with Crippen molar-refractivity contribution in [3.8, 4) is 0 Å². The van der Waals surface area contributed by atoms with Gasteiger partial charge in [0.2, 0.25) is 0 Å². The number of ether oxygens (including phenoxy) is 2. The molecule has 0 fully saturated rings. The molecule has 0 aromatic heterocycles. The summed E-state index contributed by atoms with van der Waals surface area (Å²) in [6.45, 7) is 8.63. The van der Waals surface area contributed by atoms with E-state index in [4.69, 9.17) is 9.47 Å². The van der Waals surface area contributed by atoms with Gasteiger partial charge >= 0.3 is 12.2 Å². The largest absolute Gasteiger partial charge is 0.449 e. The molecule has 3 amide bonds. The molecular formula is C19H26N2O5. The molecular weight excluding hydrogens is 336 g/mol. The number of carbonyl (C=O) groups excluding carboxylic acids is 3. The standard InChI is InChI=1S/C19H26N2O5/c1-6-25-17(24)21-14-10-8-7-9-13(14)11-12-19(5,15(21)22)20-16(23)26-18(2,3)4/h7-10H,6,11-12H2,1-5H3,(H,20,23)/t19-/m0/s1. The minimum atomic E-state index is -1.30. The molecule has 7 nitrogen and oxygen atoms in total. The molecule has 142 valence electrons. The average Bonchev–Trinajstić information content (AvgIpc) is 2.62. The summed E-state index contributed by atoms with van der Waals surface area (Å²) >= 11 is 0. The van der Waals surface area contributed by atoms with Crippen molar-refractivity contribution in [2.24, 2.45) is 0 Å². The first-order chi connectivity index (χ1) is 12.1. The monoisotopic (exact) mass is 362 g/mol. The molecule has 1 aromatic rings. The number of alkyl carbamates (subject to hydrolysis) is 1. The summed E-state index contributed by atoms with van der Waals surface area (Å²) < 4.78 is 10.3. The average molecular weight is 362 g/mol. The first-order valence-corrected chi connectivity index (χ1v) is 8.68. The third-order valence-corrected chi connectivity index (χ3v) is 4.03. The van der Waals surface area contributed by atoms with Crippen LogP contribution in [0.2, 0.25) is 0 Å². The minimum absolute atomic E-state index is 0.140. The van der Waals surface area contributed by atoms with E-state index in [0.717, 1.165) is 10.5 Å². The number of nitrogens with one attached hydrogen (secondary N) is 1. The predicted molar refractivity (Wildman–Crippen MR) is 97.0 cm³/mol. The van der Waals surface area contributed by atoms with Gasteiger partial charge in [0.15, 0.2) is 0 Å². The van der Waals surface area contributed by atoms with Crippen LogP contribution in [-0.4, -0.2) is 35.8 Å². The highest BCUT2D eigenvalue weighted by molar-refractivity contribution is 6.17. The fourth-order valence-electron chi connectivity index (χ4n) is 2.80. The van der Waals surface area contributed by atoms with Gasteiger partial charge in [-0.1, -0.05) is 18.2 Å². The van der Waals surface area contributed by atoms with Crippen LogP contribution in [-0.2, 0) is 20.7 Å². The number of amides is 3. The maximum absolute atomic E-state index is 13.2. The number of nitrogens with zero attached hydrogens (tertiary/aromatic N) is 1. The zero-order valence-electron chi connectivity index (χ0n) is 15.9. The Kier molecular flexibility index (Phi) is 5.59. The van der Waals surface area contributed by atoms with Crippen molar-refractivity contribution in [3.05, 3.63) is 29.8 Å². The number of anilines is 1. The highest BCUT2D eigenvalue weighted by atomic mass is 16.6. The zero-order chi connectivity index (χ0) is 19.5. The molecule has 0 bridgehead atoms. The molecule has 0 spiro atoms. The molecule has 7 heteroatoms. The van der Waals surface area contributed by atoms with E-state index in [1.807, 2.05) is 12.1 Å². The molecule has 0 saturated heterocycles. The van der Waals surface area contributed by atoms with E-state index in [2.05, 4.69) is 5.32 Å². The minimum Gasteiger partial charge on any atom is -0.449 e. The summed E-state index contributed by atoms with van der Waals surface area (Å²) in [5, 5.41) is 2.64. The second kappa shape index (κ2) is 7.35. The lowest BCUT2D eigenvalue weighted by Gasteiger charge is -2.32. The molecule has 1 atom stereocenters. The van der Waals surface area contributed by atoms with Gasteiger partial charge in [-0.2, -0.15) is 0 Å². The van der Waals surface area contributed by atoms with E-state index in [1.54, 1.807) is 46.8 Å². The lowest BCUT2D eigenvalue weighted by atomic mass is 9.94. The van der Waals surface area contributed by atoms with Crippen LogP contribution in [0.5, 0.6) is 0 Å². The summed E-state index contributed by atoms with van der Waals surface area (Å²) in [5.41, 5.74) is -0.680. The third kappa shape index (κ3) is 4.33. The molecule has 2 rings (SSSR count). The topological polar surface area (TPSA) is 84.9 Å². The molecule has 1 aliphatic rings. The number of fused-ring (bicyclic) bond motifs is 1. The van der Waals surface area contributed by atoms with E-state index in [0.29, 0.717) is 18.5 Å². The molecule has 26 heavy (non-hydrogen) atoms. The maximum atomic E-state index is 13.2. The van der Waals surface area contributed by atoms with E-state index in [9.17, 15) is 14.4 Å². The van der Waals surface area contributed by atoms with Crippen molar-refractivity contribution in [1.29, 1.82) is 0 Å². The Bertz CT molecular complexity index is 710. The van der Waals surface area contributed by atoms with E-state index in [1.165, 1.54) is 0 Å². The number of carbonyl (C=O) groups is 3.